The zero-order valence-electron chi connectivity index (χ0n) is 4.43. The lowest BCUT2D eigenvalue weighted by molar-refractivity contribution is -0.252. The molecule has 6 heavy (non-hydrogen) atoms. The van der Waals surface area contributed by atoms with Crippen molar-refractivity contribution in [3.8, 4) is 0 Å². The summed E-state index contributed by atoms with van der Waals surface area (Å²) < 4.78 is 6.30. The molecular formula is C3H6O3. The third-order valence-corrected chi connectivity index (χ3v) is 0.176. The van der Waals surface area contributed by atoms with Crippen molar-refractivity contribution in [2.45, 2.75) is 6.92 Å². The van der Waals surface area contributed by atoms with Gasteiger partial charge in [-0.2, -0.15) is 4.89 Å². The Balaban J connectivity index is 2.82. The van der Waals surface area contributed by atoms with Crippen LogP contribution >= 0.6 is 0 Å². The summed E-state index contributed by atoms with van der Waals surface area (Å²) in [5.41, 5.74) is 0. The maximum absolute atomic E-state index is 9.77. The molecule has 0 heterocycles. The molecule has 0 fully saturated rings. The Kier molecular flexibility index (Phi) is 1.60. The van der Waals surface area contributed by atoms with Crippen molar-refractivity contribution in [1.82, 2.24) is 0 Å². The van der Waals surface area contributed by atoms with E-state index < -0.39 is 5.97 Å². The Morgan fingerprint density at radius 1 is 2.00 bits per heavy atom. The van der Waals surface area contributed by atoms with Gasteiger partial charge in [0.25, 0.3) is 0 Å². The van der Waals surface area contributed by atoms with Crippen LogP contribution in [0.25, 0.3) is 0 Å². The maximum Gasteiger partial charge on any atom is 0.339 e. The number of carbonyl (C=O) groups excluding carboxylic acids is 1. The van der Waals surface area contributed by atoms with Gasteiger partial charge in [0.1, 0.15) is 0 Å². The van der Waals surface area contributed by atoms with Gasteiger partial charge in [0.15, 0.2) is 0 Å². The van der Waals surface area contributed by atoms with E-state index in [4.69, 9.17) is 1.37 Å². The van der Waals surface area contributed by atoms with Gasteiger partial charge in [-0.1, -0.05) is 0 Å². The summed E-state index contributed by atoms with van der Waals surface area (Å²) in [5, 5.41) is 0. The summed E-state index contributed by atoms with van der Waals surface area (Å²) in [4.78, 5) is 17.5. The number of rotatable bonds is 1. The van der Waals surface area contributed by atoms with E-state index in [-0.39, 0.29) is 7.09 Å². The third-order valence-electron chi connectivity index (χ3n) is 0.176. The molecule has 0 atom stereocenters. The van der Waals surface area contributed by atoms with Crippen LogP contribution in [-0.4, -0.2) is 13.1 Å². The van der Waals surface area contributed by atoms with E-state index in [0.29, 0.717) is 0 Å². The molecule has 0 spiro atoms. The van der Waals surface area contributed by atoms with Crippen LogP contribution < -0.4 is 0 Å². The van der Waals surface area contributed by atoms with Crippen LogP contribution in [0.15, 0.2) is 0 Å². The van der Waals surface area contributed by atoms with Crippen molar-refractivity contribution in [2.24, 2.45) is 0 Å². The molecule has 0 amide bonds. The predicted molar refractivity (Wildman–Crippen MR) is 18.8 cm³/mol. The predicted octanol–water partition coefficient (Wildman–Crippen LogP) is 0.111. The monoisotopic (exact) mass is 91.0 g/mol. The van der Waals surface area contributed by atoms with Crippen molar-refractivity contribution in [3.63, 3.8) is 0 Å². The molecule has 0 aliphatic rings. The Hall–Kier alpha value is -0.570. The lowest BCUT2D eigenvalue weighted by Crippen LogP contribution is -1.94. The van der Waals surface area contributed by atoms with Crippen LogP contribution in [0.5, 0.6) is 0 Å². The van der Waals surface area contributed by atoms with Crippen LogP contribution in [0.3, 0.4) is 0 Å². The van der Waals surface area contributed by atoms with Gasteiger partial charge in [-0.3, -0.25) is 4.89 Å². The van der Waals surface area contributed by atoms with Gasteiger partial charge >= 0.3 is 5.97 Å². The summed E-state index contributed by atoms with van der Waals surface area (Å²) in [6.45, 7) is 1.20. The minimum Gasteiger partial charge on any atom is -0.299 e. The quantitative estimate of drug-likeness (QED) is 0.339. The van der Waals surface area contributed by atoms with E-state index in [1.807, 2.05) is 0 Å². The summed E-state index contributed by atoms with van der Waals surface area (Å²) in [7, 11) is -0.348. The number of hydrogen-bond donors (Lipinski definition) is 0. The first-order valence-corrected chi connectivity index (χ1v) is 1.36. The average molecular weight is 91.1 g/mol. The van der Waals surface area contributed by atoms with Gasteiger partial charge in [-0.05, 0) is 0 Å². The van der Waals surface area contributed by atoms with Crippen molar-refractivity contribution in [1.29, 1.82) is 0 Å². The molecule has 0 saturated carbocycles. The summed E-state index contributed by atoms with van der Waals surface area (Å²) in [6.07, 6.45) is 0. The normalized spacial score (nSPS) is 9.83. The summed E-state index contributed by atoms with van der Waals surface area (Å²) >= 11 is 0. The third kappa shape index (κ3) is 3.43. The van der Waals surface area contributed by atoms with Crippen LogP contribution in [0.1, 0.15) is 8.29 Å². The lowest BCUT2D eigenvalue weighted by atomic mass is 10.8. The lowest BCUT2D eigenvalue weighted by Gasteiger charge is -1.87. The molecule has 0 N–H and O–H groups in total. The first-order chi connectivity index (χ1) is 3.27. The van der Waals surface area contributed by atoms with Gasteiger partial charge < -0.3 is 0 Å². The standard InChI is InChI=1S/C3H6O3/c1-3(4)6-5-2/h1-2H3/i2D. The van der Waals surface area contributed by atoms with Crippen LogP contribution in [-0.2, 0) is 14.6 Å². The topological polar surface area (TPSA) is 35.5 Å². The summed E-state index contributed by atoms with van der Waals surface area (Å²) in [6, 6.07) is 0. The molecule has 36 valence electrons. The second-order valence-corrected chi connectivity index (χ2v) is 0.693. The Morgan fingerprint density at radius 2 is 2.67 bits per heavy atom. The fraction of sp³-hybridized carbons (Fsp3) is 0.667. The van der Waals surface area contributed by atoms with Crippen molar-refractivity contribution in [3.05, 3.63) is 0 Å². The number of hydrogen-bond acceptors (Lipinski definition) is 3. The van der Waals surface area contributed by atoms with Gasteiger partial charge in [0, 0.05) is 6.92 Å². The van der Waals surface area contributed by atoms with E-state index in [9.17, 15) is 4.79 Å². The van der Waals surface area contributed by atoms with Crippen molar-refractivity contribution >= 4 is 5.97 Å². The van der Waals surface area contributed by atoms with Gasteiger partial charge in [-0.25, -0.2) is 4.79 Å². The zero-order chi connectivity index (χ0) is 5.70. The second kappa shape index (κ2) is 2.66. The van der Waals surface area contributed by atoms with E-state index in [2.05, 4.69) is 9.78 Å². The molecule has 0 radical (unpaired) electrons. The molecule has 0 unspecified atom stereocenters. The molecule has 0 aliphatic carbocycles. The van der Waals surface area contributed by atoms with E-state index in [1.54, 1.807) is 0 Å². The van der Waals surface area contributed by atoms with Gasteiger partial charge in [0.2, 0.25) is 0 Å². The minimum absolute atomic E-state index is 0.348. The highest BCUT2D eigenvalue weighted by Crippen LogP contribution is 1.69. The molecule has 0 aromatic carbocycles. The molecule has 0 aliphatic heterocycles. The first kappa shape index (κ1) is 3.61. The van der Waals surface area contributed by atoms with Crippen LogP contribution in [0.4, 0.5) is 0 Å². The van der Waals surface area contributed by atoms with Crippen molar-refractivity contribution < 1.29 is 15.9 Å². The van der Waals surface area contributed by atoms with Crippen LogP contribution in [0.2, 0.25) is 0 Å². The van der Waals surface area contributed by atoms with Gasteiger partial charge in [0.05, 0.1) is 8.46 Å². The Bertz CT molecular complexity index is 63.2. The highest BCUT2D eigenvalue weighted by molar-refractivity contribution is 5.65. The Labute approximate surface area is 37.2 Å². The molecule has 0 bridgehead atoms. The maximum atomic E-state index is 9.77. The molecule has 0 saturated heterocycles. The van der Waals surface area contributed by atoms with Gasteiger partial charge in [-0.15, -0.1) is 0 Å². The fourth-order valence-electron chi connectivity index (χ4n) is 0.0830. The number of carbonyl (C=O) groups is 1. The summed E-state index contributed by atoms with van der Waals surface area (Å²) in [5.74, 6) is -0.535. The highest BCUT2D eigenvalue weighted by Gasteiger charge is 1.83. The largest absolute Gasteiger partial charge is 0.339 e. The van der Waals surface area contributed by atoms with E-state index in [0.717, 1.165) is 0 Å². The van der Waals surface area contributed by atoms with Crippen LogP contribution in [0, 0.1) is 0 Å². The molecule has 0 aromatic heterocycles. The van der Waals surface area contributed by atoms with E-state index in [1.165, 1.54) is 6.92 Å². The molecule has 0 rings (SSSR count). The average Bonchev–Trinajstić information content (AvgIpc) is 1.61. The van der Waals surface area contributed by atoms with E-state index >= 15 is 0 Å². The molecular weight excluding hydrogens is 84.0 g/mol. The SMILES string of the molecule is [2H]COOC(C)=O. The second-order valence-electron chi connectivity index (χ2n) is 0.693. The smallest absolute Gasteiger partial charge is 0.299 e. The Morgan fingerprint density at radius 3 is 2.83 bits per heavy atom. The molecule has 0 aromatic rings. The minimum atomic E-state index is -0.535. The van der Waals surface area contributed by atoms with Crippen molar-refractivity contribution in [2.75, 3.05) is 7.09 Å². The molecule has 3 nitrogen and oxygen atoms in total. The zero-order valence-corrected chi connectivity index (χ0v) is 3.43. The first-order valence-electron chi connectivity index (χ1n) is 2.07. The molecule has 3 heteroatoms. The fourth-order valence-corrected chi connectivity index (χ4v) is 0.0830. The highest BCUT2D eigenvalue weighted by atomic mass is 17.2.